The summed E-state index contributed by atoms with van der Waals surface area (Å²) in [5, 5.41) is 11.5. The predicted octanol–water partition coefficient (Wildman–Crippen LogP) is 0.0657. The summed E-state index contributed by atoms with van der Waals surface area (Å²) in [6.07, 6.45) is 0. The Morgan fingerprint density at radius 2 is 1.95 bits per heavy atom. The molecule has 0 saturated carbocycles. The summed E-state index contributed by atoms with van der Waals surface area (Å²) < 4.78 is 30.5. The zero-order valence-electron chi connectivity index (χ0n) is 12.8. The number of nitrogens with one attached hydrogen (secondary N) is 1. The summed E-state index contributed by atoms with van der Waals surface area (Å²) in [6, 6.07) is 5.66. The Labute approximate surface area is 130 Å². The average Bonchev–Trinajstić information content (AvgIpc) is 2.51. The monoisotopic (exact) mass is 330 g/mol. The lowest BCUT2D eigenvalue weighted by Gasteiger charge is -2.16. The van der Waals surface area contributed by atoms with Crippen LogP contribution in [0, 0.1) is 0 Å². The lowest BCUT2D eigenvalue weighted by Crippen LogP contribution is -2.30. The summed E-state index contributed by atoms with van der Waals surface area (Å²) >= 11 is 0. The number of carbonyl (C=O) groups is 1. The van der Waals surface area contributed by atoms with Crippen LogP contribution in [0.4, 0.5) is 0 Å². The van der Waals surface area contributed by atoms with E-state index in [1.807, 2.05) is 6.92 Å². The van der Waals surface area contributed by atoms with E-state index in [2.05, 4.69) is 5.32 Å². The van der Waals surface area contributed by atoms with Crippen LogP contribution in [0.5, 0.6) is 0 Å². The minimum Gasteiger partial charge on any atom is -0.395 e. The third-order valence-corrected chi connectivity index (χ3v) is 4.85. The molecule has 1 rings (SSSR count). The van der Waals surface area contributed by atoms with Crippen LogP contribution in [-0.4, -0.2) is 63.7 Å². The number of aliphatic hydroxyl groups excluding tert-OH is 1. The number of ether oxygens (including phenoxy) is 1. The van der Waals surface area contributed by atoms with E-state index in [4.69, 9.17) is 9.84 Å². The second-order valence-electron chi connectivity index (χ2n) is 4.53. The highest BCUT2D eigenvalue weighted by molar-refractivity contribution is 7.89. The molecule has 0 unspecified atom stereocenters. The maximum Gasteiger partial charge on any atom is 0.251 e. The van der Waals surface area contributed by atoms with Crippen LogP contribution in [0.1, 0.15) is 17.3 Å². The molecule has 0 aliphatic rings. The Morgan fingerprint density at radius 3 is 2.50 bits per heavy atom. The topological polar surface area (TPSA) is 95.9 Å². The van der Waals surface area contributed by atoms with Crippen molar-refractivity contribution in [2.75, 3.05) is 40.0 Å². The Kier molecular flexibility index (Phi) is 7.46. The van der Waals surface area contributed by atoms with Crippen molar-refractivity contribution in [3.63, 3.8) is 0 Å². The van der Waals surface area contributed by atoms with E-state index < -0.39 is 10.0 Å². The van der Waals surface area contributed by atoms with E-state index in [1.165, 1.54) is 31.3 Å². The zero-order chi connectivity index (χ0) is 16.6. The number of sulfonamides is 1. The molecule has 22 heavy (non-hydrogen) atoms. The minimum atomic E-state index is -3.65. The first-order valence-electron chi connectivity index (χ1n) is 6.96. The molecule has 0 fully saturated rings. The number of hydrogen-bond donors (Lipinski definition) is 2. The van der Waals surface area contributed by atoms with Crippen LogP contribution < -0.4 is 5.32 Å². The van der Waals surface area contributed by atoms with Crippen LogP contribution in [0.15, 0.2) is 29.2 Å². The van der Waals surface area contributed by atoms with Crippen LogP contribution >= 0.6 is 0 Å². The molecule has 2 N–H and O–H groups in total. The maximum atomic E-state index is 12.1. The summed E-state index contributed by atoms with van der Waals surface area (Å²) in [4.78, 5) is 11.9. The maximum absolute atomic E-state index is 12.1. The number of aliphatic hydroxyl groups is 1. The first-order valence-corrected chi connectivity index (χ1v) is 8.40. The molecule has 0 aromatic heterocycles. The average molecular weight is 330 g/mol. The summed E-state index contributed by atoms with van der Waals surface area (Å²) in [5.41, 5.74) is 0.375. The molecule has 0 heterocycles. The van der Waals surface area contributed by atoms with Gasteiger partial charge in [-0.3, -0.25) is 4.79 Å². The van der Waals surface area contributed by atoms with Gasteiger partial charge in [-0.2, -0.15) is 4.31 Å². The molecule has 0 bridgehead atoms. The van der Waals surface area contributed by atoms with Crippen molar-refractivity contribution < 1.29 is 23.1 Å². The molecule has 1 aromatic rings. The zero-order valence-corrected chi connectivity index (χ0v) is 13.6. The number of hydrogen-bond acceptors (Lipinski definition) is 5. The largest absolute Gasteiger partial charge is 0.395 e. The molecule has 0 aliphatic carbocycles. The van der Waals surface area contributed by atoms with Crippen molar-refractivity contribution in [1.82, 2.24) is 9.62 Å². The van der Waals surface area contributed by atoms with Gasteiger partial charge in [-0.15, -0.1) is 0 Å². The van der Waals surface area contributed by atoms with Gasteiger partial charge < -0.3 is 15.2 Å². The van der Waals surface area contributed by atoms with E-state index in [0.29, 0.717) is 25.3 Å². The first-order chi connectivity index (χ1) is 10.4. The van der Waals surface area contributed by atoms with Gasteiger partial charge >= 0.3 is 0 Å². The van der Waals surface area contributed by atoms with Gasteiger partial charge in [-0.25, -0.2) is 8.42 Å². The van der Waals surface area contributed by atoms with Crippen molar-refractivity contribution in [3.05, 3.63) is 29.8 Å². The lowest BCUT2D eigenvalue weighted by atomic mass is 10.2. The fourth-order valence-corrected chi connectivity index (χ4v) is 2.86. The molecule has 0 saturated heterocycles. The Bertz CT molecular complexity index is 571. The standard InChI is InChI=1S/C14H22N2O5S/c1-3-21-11-8-15-14(18)12-4-6-13(7-5-12)22(19,20)16(2)9-10-17/h4-7,17H,3,8-11H2,1-2H3,(H,15,18). The Morgan fingerprint density at radius 1 is 1.32 bits per heavy atom. The highest BCUT2D eigenvalue weighted by Crippen LogP contribution is 2.15. The van der Waals surface area contributed by atoms with Crippen molar-refractivity contribution in [2.45, 2.75) is 11.8 Å². The minimum absolute atomic E-state index is 0.0159. The van der Waals surface area contributed by atoms with E-state index in [0.717, 1.165) is 4.31 Å². The number of rotatable bonds is 9. The molecule has 0 atom stereocenters. The number of carbonyl (C=O) groups excluding carboxylic acids is 1. The first kappa shape index (κ1) is 18.6. The smallest absolute Gasteiger partial charge is 0.251 e. The van der Waals surface area contributed by atoms with Gasteiger partial charge in [0.2, 0.25) is 10.0 Å². The number of benzene rings is 1. The molecule has 1 amide bonds. The number of likely N-dealkylation sites (N-methyl/N-ethyl adjacent to an activating group) is 1. The molecule has 8 heteroatoms. The quantitative estimate of drug-likeness (QED) is 0.625. The second-order valence-corrected chi connectivity index (χ2v) is 6.57. The molecular formula is C14H22N2O5S. The molecule has 7 nitrogen and oxygen atoms in total. The molecule has 0 aliphatic heterocycles. The van der Waals surface area contributed by atoms with E-state index in [-0.39, 0.29) is 24.0 Å². The molecule has 1 aromatic carbocycles. The van der Waals surface area contributed by atoms with Crippen LogP contribution in [-0.2, 0) is 14.8 Å². The highest BCUT2D eigenvalue weighted by Gasteiger charge is 2.20. The SMILES string of the molecule is CCOCCNC(=O)c1ccc(S(=O)(=O)N(C)CCO)cc1. The summed E-state index contributed by atoms with van der Waals surface area (Å²) in [6.45, 7) is 3.04. The van der Waals surface area contributed by atoms with Gasteiger partial charge in [0.25, 0.3) is 5.91 Å². The molecule has 124 valence electrons. The van der Waals surface area contributed by atoms with Gasteiger partial charge in [0.15, 0.2) is 0 Å². The van der Waals surface area contributed by atoms with Gasteiger partial charge in [-0.05, 0) is 31.2 Å². The van der Waals surface area contributed by atoms with Crippen LogP contribution in [0.25, 0.3) is 0 Å². The second kappa shape index (κ2) is 8.84. The van der Waals surface area contributed by atoms with Gasteiger partial charge in [0.1, 0.15) is 0 Å². The van der Waals surface area contributed by atoms with E-state index in [9.17, 15) is 13.2 Å². The Hall–Kier alpha value is -1.48. The van der Waals surface area contributed by atoms with Crippen molar-refractivity contribution in [2.24, 2.45) is 0 Å². The summed E-state index contributed by atoms with van der Waals surface area (Å²) in [5.74, 6) is -0.285. The fraction of sp³-hybridized carbons (Fsp3) is 0.500. The lowest BCUT2D eigenvalue weighted by molar-refractivity contribution is 0.0922. The van der Waals surface area contributed by atoms with Gasteiger partial charge in [0, 0.05) is 32.3 Å². The van der Waals surface area contributed by atoms with Crippen LogP contribution in [0.2, 0.25) is 0 Å². The van der Waals surface area contributed by atoms with Crippen molar-refractivity contribution >= 4 is 15.9 Å². The summed E-state index contributed by atoms with van der Waals surface area (Å²) in [7, 11) is -2.26. The van der Waals surface area contributed by atoms with E-state index >= 15 is 0 Å². The predicted molar refractivity (Wildman–Crippen MR) is 82.2 cm³/mol. The molecule has 0 radical (unpaired) electrons. The molecular weight excluding hydrogens is 308 g/mol. The number of nitrogens with zero attached hydrogens (tertiary/aromatic N) is 1. The third-order valence-electron chi connectivity index (χ3n) is 2.98. The van der Waals surface area contributed by atoms with Crippen molar-refractivity contribution in [3.8, 4) is 0 Å². The van der Waals surface area contributed by atoms with Gasteiger partial charge in [-0.1, -0.05) is 0 Å². The number of amides is 1. The highest BCUT2D eigenvalue weighted by atomic mass is 32.2. The normalized spacial score (nSPS) is 11.6. The van der Waals surface area contributed by atoms with E-state index in [1.54, 1.807) is 0 Å². The van der Waals surface area contributed by atoms with Gasteiger partial charge in [0.05, 0.1) is 18.1 Å². The van der Waals surface area contributed by atoms with Crippen LogP contribution in [0.3, 0.4) is 0 Å². The fourth-order valence-electron chi connectivity index (χ4n) is 1.70. The Balaban J connectivity index is 2.72. The third kappa shape index (κ3) is 5.06. The van der Waals surface area contributed by atoms with Crippen molar-refractivity contribution in [1.29, 1.82) is 0 Å². The molecule has 0 spiro atoms.